The Morgan fingerprint density at radius 1 is 0.969 bits per heavy atom. The quantitative estimate of drug-likeness (QED) is 0.466. The molecule has 176 valence electrons. The minimum Gasteiger partial charge on any atom is -0.493 e. The van der Waals surface area contributed by atoms with Gasteiger partial charge >= 0.3 is 0 Å². The van der Waals surface area contributed by atoms with Crippen molar-refractivity contribution in [3.05, 3.63) is 59.7 Å². The SMILES string of the molecule is CCN1CCN(CC(O)COc2ccc(CNCCCc3ccccc3)cc2OC)CC1. The van der Waals surface area contributed by atoms with Gasteiger partial charge in [-0.3, -0.25) is 4.90 Å². The van der Waals surface area contributed by atoms with Gasteiger partial charge in [0.1, 0.15) is 12.7 Å². The smallest absolute Gasteiger partial charge is 0.161 e. The molecule has 0 aromatic heterocycles. The predicted octanol–water partition coefficient (Wildman–Crippen LogP) is 2.79. The number of benzene rings is 2. The first-order chi connectivity index (χ1) is 15.7. The van der Waals surface area contributed by atoms with Gasteiger partial charge in [0.25, 0.3) is 0 Å². The molecule has 2 aromatic carbocycles. The Bertz CT molecular complexity index is 779. The number of piperazine rings is 1. The van der Waals surface area contributed by atoms with Crippen LogP contribution in [0.5, 0.6) is 11.5 Å². The molecular weight excluding hydrogens is 402 g/mol. The summed E-state index contributed by atoms with van der Waals surface area (Å²) in [5.41, 5.74) is 2.53. The number of rotatable bonds is 13. The number of aliphatic hydroxyl groups excluding tert-OH is 1. The van der Waals surface area contributed by atoms with E-state index in [4.69, 9.17) is 9.47 Å². The number of likely N-dealkylation sites (N-methyl/N-ethyl adjacent to an activating group) is 1. The van der Waals surface area contributed by atoms with Gasteiger partial charge in [-0.05, 0) is 49.2 Å². The normalized spacial score (nSPS) is 16.1. The summed E-state index contributed by atoms with van der Waals surface area (Å²) in [5.74, 6) is 1.38. The van der Waals surface area contributed by atoms with E-state index in [1.54, 1.807) is 7.11 Å². The lowest BCUT2D eigenvalue weighted by Gasteiger charge is -2.34. The number of hydrogen-bond donors (Lipinski definition) is 2. The third-order valence-electron chi connectivity index (χ3n) is 6.03. The van der Waals surface area contributed by atoms with E-state index >= 15 is 0 Å². The summed E-state index contributed by atoms with van der Waals surface area (Å²) in [6.45, 7) is 10.1. The highest BCUT2D eigenvalue weighted by Gasteiger charge is 2.19. The number of β-amino-alcohol motifs (C(OH)–C–C–N with tert-alkyl or cyclic N) is 1. The van der Waals surface area contributed by atoms with Crippen molar-refractivity contribution >= 4 is 0 Å². The van der Waals surface area contributed by atoms with E-state index in [2.05, 4.69) is 58.4 Å². The first-order valence-electron chi connectivity index (χ1n) is 11.8. The lowest BCUT2D eigenvalue weighted by Crippen LogP contribution is -2.49. The highest BCUT2D eigenvalue weighted by atomic mass is 16.5. The topological polar surface area (TPSA) is 57.2 Å². The number of nitrogens with one attached hydrogen (secondary N) is 1. The van der Waals surface area contributed by atoms with Crippen molar-refractivity contribution in [2.45, 2.75) is 32.4 Å². The second kappa shape index (κ2) is 13.4. The average molecular weight is 442 g/mol. The van der Waals surface area contributed by atoms with Crippen LogP contribution in [0, 0.1) is 0 Å². The molecule has 1 atom stereocenters. The highest BCUT2D eigenvalue weighted by molar-refractivity contribution is 5.43. The summed E-state index contributed by atoms with van der Waals surface area (Å²) in [7, 11) is 1.66. The van der Waals surface area contributed by atoms with E-state index in [1.807, 2.05) is 12.1 Å². The van der Waals surface area contributed by atoms with Gasteiger partial charge in [-0.1, -0.05) is 43.3 Å². The van der Waals surface area contributed by atoms with E-state index in [9.17, 15) is 5.11 Å². The number of aliphatic hydroxyl groups is 1. The van der Waals surface area contributed by atoms with Crippen LogP contribution in [0.1, 0.15) is 24.5 Å². The van der Waals surface area contributed by atoms with Crippen LogP contribution in [0.2, 0.25) is 0 Å². The maximum absolute atomic E-state index is 10.4. The summed E-state index contributed by atoms with van der Waals surface area (Å²) in [6.07, 6.45) is 1.67. The van der Waals surface area contributed by atoms with Gasteiger partial charge < -0.3 is 24.8 Å². The molecule has 1 saturated heterocycles. The fourth-order valence-electron chi connectivity index (χ4n) is 4.06. The molecule has 0 amide bonds. The molecule has 1 fully saturated rings. The number of ether oxygens (including phenoxy) is 2. The lowest BCUT2D eigenvalue weighted by atomic mass is 10.1. The molecule has 1 heterocycles. The second-order valence-corrected chi connectivity index (χ2v) is 8.45. The Morgan fingerprint density at radius 2 is 1.72 bits per heavy atom. The molecule has 0 spiro atoms. The Morgan fingerprint density at radius 3 is 2.44 bits per heavy atom. The molecule has 1 unspecified atom stereocenters. The lowest BCUT2D eigenvalue weighted by molar-refractivity contribution is 0.0464. The predicted molar refractivity (Wildman–Crippen MR) is 130 cm³/mol. The third kappa shape index (κ3) is 8.10. The van der Waals surface area contributed by atoms with Crippen molar-refractivity contribution in [3.8, 4) is 11.5 Å². The van der Waals surface area contributed by atoms with Gasteiger partial charge in [-0.2, -0.15) is 0 Å². The van der Waals surface area contributed by atoms with E-state index in [0.717, 1.165) is 64.2 Å². The van der Waals surface area contributed by atoms with Crippen LogP contribution in [0.3, 0.4) is 0 Å². The molecule has 0 aliphatic carbocycles. The van der Waals surface area contributed by atoms with Gasteiger partial charge in [0, 0.05) is 39.3 Å². The zero-order valence-corrected chi connectivity index (χ0v) is 19.6. The summed E-state index contributed by atoms with van der Waals surface area (Å²) < 4.78 is 11.4. The van der Waals surface area contributed by atoms with Crippen LogP contribution in [0.25, 0.3) is 0 Å². The number of aryl methyl sites for hydroxylation is 1. The highest BCUT2D eigenvalue weighted by Crippen LogP contribution is 2.28. The van der Waals surface area contributed by atoms with E-state index in [-0.39, 0.29) is 6.61 Å². The van der Waals surface area contributed by atoms with Crippen molar-refractivity contribution in [1.82, 2.24) is 15.1 Å². The zero-order chi connectivity index (χ0) is 22.6. The summed E-state index contributed by atoms with van der Waals surface area (Å²) in [4.78, 5) is 4.74. The van der Waals surface area contributed by atoms with E-state index in [1.165, 1.54) is 5.56 Å². The molecule has 6 heteroatoms. The summed E-state index contributed by atoms with van der Waals surface area (Å²) in [5, 5.41) is 13.9. The van der Waals surface area contributed by atoms with Crippen LogP contribution in [0.4, 0.5) is 0 Å². The van der Waals surface area contributed by atoms with Gasteiger partial charge in [0.05, 0.1) is 7.11 Å². The number of hydrogen-bond acceptors (Lipinski definition) is 6. The molecule has 0 bridgehead atoms. The average Bonchev–Trinajstić information content (AvgIpc) is 2.84. The first kappa shape index (κ1) is 24.5. The molecule has 2 aromatic rings. The largest absolute Gasteiger partial charge is 0.493 e. The number of nitrogens with zero attached hydrogens (tertiary/aromatic N) is 2. The van der Waals surface area contributed by atoms with Crippen molar-refractivity contribution in [2.24, 2.45) is 0 Å². The molecular formula is C26H39N3O3. The van der Waals surface area contributed by atoms with Crippen LogP contribution in [0.15, 0.2) is 48.5 Å². The van der Waals surface area contributed by atoms with Gasteiger partial charge in [0.2, 0.25) is 0 Å². The Kier molecular flexibility index (Phi) is 10.3. The van der Waals surface area contributed by atoms with Crippen LogP contribution in [-0.2, 0) is 13.0 Å². The van der Waals surface area contributed by atoms with Crippen molar-refractivity contribution in [3.63, 3.8) is 0 Å². The monoisotopic (exact) mass is 441 g/mol. The Hall–Kier alpha value is -2.12. The van der Waals surface area contributed by atoms with Crippen LogP contribution in [-0.4, -0.2) is 80.5 Å². The summed E-state index contributed by atoms with van der Waals surface area (Å²) >= 11 is 0. The van der Waals surface area contributed by atoms with Crippen LogP contribution < -0.4 is 14.8 Å². The maximum atomic E-state index is 10.4. The summed E-state index contributed by atoms with van der Waals surface area (Å²) in [6, 6.07) is 16.6. The fourth-order valence-corrected chi connectivity index (χ4v) is 4.06. The zero-order valence-electron chi connectivity index (χ0n) is 19.6. The first-order valence-corrected chi connectivity index (χ1v) is 11.8. The van der Waals surface area contributed by atoms with Crippen molar-refractivity contribution in [1.29, 1.82) is 0 Å². The molecule has 3 rings (SSSR count). The minimum atomic E-state index is -0.515. The molecule has 0 radical (unpaired) electrons. The molecule has 32 heavy (non-hydrogen) atoms. The molecule has 1 aliphatic heterocycles. The Balaban J connectivity index is 1.37. The number of methoxy groups -OCH3 is 1. The third-order valence-corrected chi connectivity index (χ3v) is 6.03. The van der Waals surface area contributed by atoms with Gasteiger partial charge in [-0.25, -0.2) is 0 Å². The molecule has 0 saturated carbocycles. The minimum absolute atomic E-state index is 0.265. The van der Waals surface area contributed by atoms with Crippen LogP contribution >= 0.6 is 0 Å². The second-order valence-electron chi connectivity index (χ2n) is 8.45. The molecule has 2 N–H and O–H groups in total. The molecule has 6 nitrogen and oxygen atoms in total. The maximum Gasteiger partial charge on any atom is 0.161 e. The fraction of sp³-hybridized carbons (Fsp3) is 0.538. The van der Waals surface area contributed by atoms with E-state index < -0.39 is 6.10 Å². The van der Waals surface area contributed by atoms with Gasteiger partial charge in [-0.15, -0.1) is 0 Å². The molecule has 1 aliphatic rings. The van der Waals surface area contributed by atoms with E-state index in [0.29, 0.717) is 18.0 Å². The Labute approximate surface area is 193 Å². The standard InChI is InChI=1S/C26H39N3O3/c1-3-28-14-16-29(17-15-28)20-24(30)21-32-25-12-11-23(18-26(25)31-2)19-27-13-7-10-22-8-5-4-6-9-22/h4-6,8-9,11-12,18,24,27,30H,3,7,10,13-17,19-21H2,1-2H3. The van der Waals surface area contributed by atoms with Crippen molar-refractivity contribution < 1.29 is 14.6 Å². The van der Waals surface area contributed by atoms with Crippen molar-refractivity contribution in [2.75, 3.05) is 59.5 Å². The van der Waals surface area contributed by atoms with Gasteiger partial charge in [0.15, 0.2) is 11.5 Å².